The molecule has 1 rings (SSSR count). The molecule has 0 fully saturated rings. The molecule has 1 aromatic carbocycles. The highest BCUT2D eigenvalue weighted by Crippen LogP contribution is 2.29. The van der Waals surface area contributed by atoms with Gasteiger partial charge in [-0.1, -0.05) is 29.3 Å². The van der Waals surface area contributed by atoms with Gasteiger partial charge >= 0.3 is 0 Å². The van der Waals surface area contributed by atoms with Crippen LogP contribution in [0.4, 0.5) is 5.69 Å². The van der Waals surface area contributed by atoms with Crippen molar-refractivity contribution in [3.63, 3.8) is 0 Å². The van der Waals surface area contributed by atoms with Gasteiger partial charge in [0.25, 0.3) is 0 Å². The number of hydrogen-bond donors (Lipinski definition) is 1. The molecule has 1 N–H and O–H groups in total. The van der Waals surface area contributed by atoms with E-state index in [1.165, 1.54) is 0 Å². The molecular weight excluding hydrogens is 259 g/mol. The Bertz CT molecular complexity index is 374. The molecule has 3 nitrogen and oxygen atoms in total. The number of nitrogens with one attached hydrogen (secondary N) is 1. The zero-order chi connectivity index (χ0) is 12.8. The Labute approximate surface area is 112 Å². The summed E-state index contributed by atoms with van der Waals surface area (Å²) in [6, 6.07) is 5.35. The van der Waals surface area contributed by atoms with Gasteiger partial charge in [-0.15, -0.1) is 0 Å². The second-order valence-electron chi connectivity index (χ2n) is 3.92. The minimum atomic E-state index is 0.122. The Morgan fingerprint density at radius 3 is 2.41 bits per heavy atom. The van der Waals surface area contributed by atoms with E-state index in [2.05, 4.69) is 5.32 Å². The van der Waals surface area contributed by atoms with Crippen molar-refractivity contribution in [2.45, 2.75) is 12.8 Å². The van der Waals surface area contributed by atoms with E-state index in [1.54, 1.807) is 37.2 Å². The first-order valence-corrected chi connectivity index (χ1v) is 6.16. The number of carbonyl (C=O) groups excluding carboxylic acids is 1. The number of anilines is 1. The lowest BCUT2D eigenvalue weighted by Crippen LogP contribution is -2.22. The van der Waals surface area contributed by atoms with Gasteiger partial charge in [-0.25, -0.2) is 0 Å². The molecule has 0 spiro atoms. The Morgan fingerprint density at radius 1 is 1.29 bits per heavy atom. The number of rotatable bonds is 5. The maximum atomic E-state index is 11.3. The third-order valence-corrected chi connectivity index (χ3v) is 2.96. The highest BCUT2D eigenvalue weighted by Gasteiger charge is 2.06. The van der Waals surface area contributed by atoms with E-state index in [4.69, 9.17) is 23.2 Å². The SMILES string of the molecule is CN(C)C(=O)CCCNc1c(Cl)cccc1Cl. The van der Waals surface area contributed by atoms with Crippen LogP contribution in [-0.4, -0.2) is 31.4 Å². The molecule has 0 saturated carbocycles. The predicted molar refractivity (Wildman–Crippen MR) is 72.9 cm³/mol. The number of benzene rings is 1. The second kappa shape index (κ2) is 6.72. The summed E-state index contributed by atoms with van der Waals surface area (Å²) in [6.07, 6.45) is 1.26. The van der Waals surface area contributed by atoms with Crippen molar-refractivity contribution >= 4 is 34.8 Å². The first-order chi connectivity index (χ1) is 8.02. The molecule has 5 heteroatoms. The number of para-hydroxylation sites is 1. The molecule has 0 heterocycles. The van der Waals surface area contributed by atoms with Gasteiger partial charge in [-0.2, -0.15) is 0 Å². The maximum absolute atomic E-state index is 11.3. The van der Waals surface area contributed by atoms with E-state index in [1.807, 2.05) is 0 Å². The lowest BCUT2D eigenvalue weighted by Gasteiger charge is -2.12. The summed E-state index contributed by atoms with van der Waals surface area (Å²) >= 11 is 12.0. The molecule has 0 unspecified atom stereocenters. The van der Waals surface area contributed by atoms with Crippen molar-refractivity contribution in [2.75, 3.05) is 26.0 Å². The molecule has 0 aliphatic rings. The fourth-order valence-electron chi connectivity index (χ4n) is 1.34. The van der Waals surface area contributed by atoms with Crippen LogP contribution in [0.3, 0.4) is 0 Å². The van der Waals surface area contributed by atoms with E-state index in [9.17, 15) is 4.79 Å². The standard InChI is InChI=1S/C12H16Cl2N2O/c1-16(2)11(17)7-4-8-15-12-9(13)5-3-6-10(12)14/h3,5-6,15H,4,7-8H2,1-2H3. The quantitative estimate of drug-likeness (QED) is 0.836. The van der Waals surface area contributed by atoms with Crippen LogP contribution >= 0.6 is 23.2 Å². The third kappa shape index (κ3) is 4.44. The van der Waals surface area contributed by atoms with Crippen LogP contribution in [0.5, 0.6) is 0 Å². The summed E-state index contributed by atoms with van der Waals surface area (Å²) in [7, 11) is 3.50. The summed E-state index contributed by atoms with van der Waals surface area (Å²) in [5, 5.41) is 4.33. The molecule has 0 bridgehead atoms. The van der Waals surface area contributed by atoms with Crippen LogP contribution in [0.15, 0.2) is 18.2 Å². The van der Waals surface area contributed by atoms with Gasteiger partial charge < -0.3 is 10.2 Å². The number of amides is 1. The van der Waals surface area contributed by atoms with Gasteiger partial charge in [-0.3, -0.25) is 4.79 Å². The molecule has 1 amide bonds. The van der Waals surface area contributed by atoms with Crippen molar-refractivity contribution in [1.82, 2.24) is 4.90 Å². The minimum absolute atomic E-state index is 0.122. The molecular formula is C12H16Cl2N2O. The summed E-state index contributed by atoms with van der Waals surface area (Å²) in [5.41, 5.74) is 0.730. The first-order valence-electron chi connectivity index (χ1n) is 5.40. The maximum Gasteiger partial charge on any atom is 0.222 e. The van der Waals surface area contributed by atoms with Crippen molar-refractivity contribution < 1.29 is 4.79 Å². The van der Waals surface area contributed by atoms with E-state index in [0.717, 1.165) is 12.1 Å². The monoisotopic (exact) mass is 274 g/mol. The predicted octanol–water partition coefficient (Wildman–Crippen LogP) is 3.27. The lowest BCUT2D eigenvalue weighted by molar-refractivity contribution is -0.128. The Kier molecular flexibility index (Phi) is 5.59. The second-order valence-corrected chi connectivity index (χ2v) is 4.73. The number of hydrogen-bond acceptors (Lipinski definition) is 2. The van der Waals surface area contributed by atoms with Crippen LogP contribution < -0.4 is 5.32 Å². The van der Waals surface area contributed by atoms with E-state index >= 15 is 0 Å². The molecule has 0 radical (unpaired) electrons. The number of nitrogens with zero attached hydrogens (tertiary/aromatic N) is 1. The average Bonchev–Trinajstić information content (AvgIpc) is 2.27. The van der Waals surface area contributed by atoms with Crippen LogP contribution in [0, 0.1) is 0 Å². The summed E-state index contributed by atoms with van der Waals surface area (Å²) in [4.78, 5) is 12.9. The number of carbonyl (C=O) groups is 1. The first kappa shape index (κ1) is 14.1. The Hall–Kier alpha value is -0.930. The normalized spacial score (nSPS) is 10.1. The molecule has 0 atom stereocenters. The minimum Gasteiger partial charge on any atom is -0.383 e. The Morgan fingerprint density at radius 2 is 1.88 bits per heavy atom. The fourth-order valence-corrected chi connectivity index (χ4v) is 1.87. The molecule has 0 saturated heterocycles. The molecule has 94 valence electrons. The van der Waals surface area contributed by atoms with E-state index < -0.39 is 0 Å². The summed E-state index contributed by atoms with van der Waals surface area (Å²) in [6.45, 7) is 0.670. The van der Waals surface area contributed by atoms with Gasteiger partial charge in [0.15, 0.2) is 0 Å². The molecule has 17 heavy (non-hydrogen) atoms. The zero-order valence-corrected chi connectivity index (χ0v) is 11.5. The largest absolute Gasteiger partial charge is 0.383 e. The number of halogens is 2. The van der Waals surface area contributed by atoms with Gasteiger partial charge in [-0.05, 0) is 18.6 Å². The van der Waals surface area contributed by atoms with Gasteiger partial charge in [0.2, 0.25) is 5.91 Å². The van der Waals surface area contributed by atoms with E-state index in [-0.39, 0.29) is 5.91 Å². The van der Waals surface area contributed by atoms with Gasteiger partial charge in [0, 0.05) is 27.1 Å². The zero-order valence-electron chi connectivity index (χ0n) is 9.96. The van der Waals surface area contributed by atoms with E-state index in [0.29, 0.717) is 23.0 Å². The Balaban J connectivity index is 2.39. The smallest absolute Gasteiger partial charge is 0.222 e. The molecule has 0 aliphatic heterocycles. The third-order valence-electron chi connectivity index (χ3n) is 2.33. The van der Waals surface area contributed by atoms with Crippen molar-refractivity contribution in [3.05, 3.63) is 28.2 Å². The molecule has 1 aromatic rings. The highest BCUT2D eigenvalue weighted by atomic mass is 35.5. The van der Waals surface area contributed by atoms with Crippen LogP contribution in [-0.2, 0) is 4.79 Å². The van der Waals surface area contributed by atoms with Crippen molar-refractivity contribution in [3.8, 4) is 0 Å². The van der Waals surface area contributed by atoms with Crippen molar-refractivity contribution in [2.24, 2.45) is 0 Å². The summed E-state index contributed by atoms with van der Waals surface area (Å²) < 4.78 is 0. The van der Waals surface area contributed by atoms with Gasteiger partial charge in [0.1, 0.15) is 0 Å². The highest BCUT2D eigenvalue weighted by molar-refractivity contribution is 6.39. The topological polar surface area (TPSA) is 32.3 Å². The molecule has 0 aromatic heterocycles. The lowest BCUT2D eigenvalue weighted by atomic mass is 10.2. The average molecular weight is 275 g/mol. The fraction of sp³-hybridized carbons (Fsp3) is 0.417. The van der Waals surface area contributed by atoms with Crippen molar-refractivity contribution in [1.29, 1.82) is 0 Å². The van der Waals surface area contributed by atoms with Crippen LogP contribution in [0.2, 0.25) is 10.0 Å². The summed E-state index contributed by atoms with van der Waals surface area (Å²) in [5.74, 6) is 0.122. The van der Waals surface area contributed by atoms with Crippen LogP contribution in [0.1, 0.15) is 12.8 Å². The molecule has 0 aliphatic carbocycles. The van der Waals surface area contributed by atoms with Gasteiger partial charge in [0.05, 0.1) is 15.7 Å². The van der Waals surface area contributed by atoms with Crippen LogP contribution in [0.25, 0.3) is 0 Å².